The van der Waals surface area contributed by atoms with E-state index in [1.165, 1.54) is 0 Å². The number of non-ortho nitro benzene ring substituents is 1. The Morgan fingerprint density at radius 2 is 2.06 bits per heavy atom. The Balaban J connectivity index is 2.02. The number of hydrogen-bond acceptors (Lipinski definition) is 4. The molecule has 1 aromatic rings. The second-order valence-electron chi connectivity index (χ2n) is 5.01. The summed E-state index contributed by atoms with van der Waals surface area (Å²) in [5.74, 6) is 0. The van der Waals surface area contributed by atoms with Gasteiger partial charge in [-0.15, -0.1) is 0 Å². The lowest BCUT2D eigenvalue weighted by atomic mass is 10.1. The molecule has 2 rings (SSSR count). The minimum Gasteiger partial charge on any atom is -0.311 e. The SMILES string of the molecule is CC1CN(Cc2ccc([N+](=O)[O-])cc2)C(C)CN1. The Labute approximate surface area is 107 Å². The molecule has 1 N–H and O–H groups in total. The van der Waals surface area contributed by atoms with Crippen LogP contribution in [0.5, 0.6) is 0 Å². The summed E-state index contributed by atoms with van der Waals surface area (Å²) in [4.78, 5) is 12.6. The first-order chi connectivity index (χ1) is 8.56. The van der Waals surface area contributed by atoms with Crippen LogP contribution in [0.1, 0.15) is 19.4 Å². The first-order valence-corrected chi connectivity index (χ1v) is 6.27. The van der Waals surface area contributed by atoms with Crippen molar-refractivity contribution >= 4 is 5.69 Å². The molecule has 0 bridgehead atoms. The van der Waals surface area contributed by atoms with Crippen molar-refractivity contribution in [2.75, 3.05) is 13.1 Å². The molecule has 2 unspecified atom stereocenters. The van der Waals surface area contributed by atoms with Crippen LogP contribution in [0.25, 0.3) is 0 Å². The predicted octanol–water partition coefficient (Wildman–Crippen LogP) is 1.78. The zero-order valence-corrected chi connectivity index (χ0v) is 10.8. The number of nitrogens with one attached hydrogen (secondary N) is 1. The van der Waals surface area contributed by atoms with Crippen LogP contribution >= 0.6 is 0 Å². The average Bonchev–Trinajstić information content (AvgIpc) is 2.34. The molecule has 1 saturated heterocycles. The van der Waals surface area contributed by atoms with E-state index in [4.69, 9.17) is 0 Å². The zero-order chi connectivity index (χ0) is 13.1. The zero-order valence-electron chi connectivity index (χ0n) is 10.8. The van der Waals surface area contributed by atoms with Crippen LogP contribution in [0.15, 0.2) is 24.3 Å². The Hall–Kier alpha value is -1.46. The summed E-state index contributed by atoms with van der Waals surface area (Å²) in [7, 11) is 0. The Bertz CT molecular complexity index is 419. The molecule has 0 radical (unpaired) electrons. The summed E-state index contributed by atoms with van der Waals surface area (Å²) >= 11 is 0. The molecule has 0 aromatic heterocycles. The highest BCUT2D eigenvalue weighted by Gasteiger charge is 2.22. The number of rotatable bonds is 3. The Kier molecular flexibility index (Phi) is 3.93. The third-order valence-electron chi connectivity index (χ3n) is 3.43. The molecule has 98 valence electrons. The highest BCUT2D eigenvalue weighted by molar-refractivity contribution is 5.32. The van der Waals surface area contributed by atoms with Crippen molar-refractivity contribution in [2.24, 2.45) is 0 Å². The van der Waals surface area contributed by atoms with E-state index in [0.717, 1.165) is 25.2 Å². The highest BCUT2D eigenvalue weighted by Crippen LogP contribution is 2.16. The van der Waals surface area contributed by atoms with E-state index >= 15 is 0 Å². The first kappa shape index (κ1) is 13.0. The molecule has 0 amide bonds. The minimum atomic E-state index is -0.362. The number of nitro groups is 1. The van der Waals surface area contributed by atoms with Crippen LogP contribution < -0.4 is 5.32 Å². The molecule has 1 aromatic carbocycles. The average molecular weight is 249 g/mol. The smallest absolute Gasteiger partial charge is 0.269 e. The Morgan fingerprint density at radius 1 is 1.39 bits per heavy atom. The van der Waals surface area contributed by atoms with Gasteiger partial charge < -0.3 is 5.32 Å². The topological polar surface area (TPSA) is 58.4 Å². The van der Waals surface area contributed by atoms with Gasteiger partial charge in [0.05, 0.1) is 4.92 Å². The maximum absolute atomic E-state index is 10.6. The molecule has 1 aliphatic rings. The van der Waals surface area contributed by atoms with Crippen molar-refractivity contribution in [3.63, 3.8) is 0 Å². The number of nitro benzene ring substituents is 1. The minimum absolute atomic E-state index is 0.153. The molecular weight excluding hydrogens is 230 g/mol. The molecule has 18 heavy (non-hydrogen) atoms. The summed E-state index contributed by atoms with van der Waals surface area (Å²) in [6.45, 7) is 7.23. The molecule has 0 saturated carbocycles. The van der Waals surface area contributed by atoms with Gasteiger partial charge in [-0.3, -0.25) is 15.0 Å². The highest BCUT2D eigenvalue weighted by atomic mass is 16.6. The van der Waals surface area contributed by atoms with E-state index in [0.29, 0.717) is 12.1 Å². The van der Waals surface area contributed by atoms with Gasteiger partial charge in [0.1, 0.15) is 0 Å². The fraction of sp³-hybridized carbons (Fsp3) is 0.538. The molecule has 2 atom stereocenters. The molecular formula is C13H19N3O2. The second-order valence-corrected chi connectivity index (χ2v) is 5.01. The molecule has 1 heterocycles. The van der Waals surface area contributed by atoms with Gasteiger partial charge in [0.15, 0.2) is 0 Å². The first-order valence-electron chi connectivity index (χ1n) is 6.27. The van der Waals surface area contributed by atoms with Crippen molar-refractivity contribution in [2.45, 2.75) is 32.5 Å². The van der Waals surface area contributed by atoms with Crippen LogP contribution in [0, 0.1) is 10.1 Å². The third kappa shape index (κ3) is 3.05. The van der Waals surface area contributed by atoms with Gasteiger partial charge in [-0.2, -0.15) is 0 Å². The normalized spacial score (nSPS) is 25.0. The number of piperazine rings is 1. The largest absolute Gasteiger partial charge is 0.311 e. The predicted molar refractivity (Wildman–Crippen MR) is 70.4 cm³/mol. The quantitative estimate of drug-likeness (QED) is 0.655. The third-order valence-corrected chi connectivity index (χ3v) is 3.43. The number of hydrogen-bond donors (Lipinski definition) is 1. The van der Waals surface area contributed by atoms with Crippen molar-refractivity contribution in [3.05, 3.63) is 39.9 Å². The molecule has 0 aliphatic carbocycles. The van der Waals surface area contributed by atoms with Gasteiger partial charge in [-0.05, 0) is 19.4 Å². The van der Waals surface area contributed by atoms with Crippen molar-refractivity contribution in [3.8, 4) is 0 Å². The van der Waals surface area contributed by atoms with Crippen molar-refractivity contribution in [1.29, 1.82) is 0 Å². The van der Waals surface area contributed by atoms with E-state index in [9.17, 15) is 10.1 Å². The maximum atomic E-state index is 10.6. The summed E-state index contributed by atoms with van der Waals surface area (Å²) in [5, 5.41) is 14.0. The number of benzene rings is 1. The van der Waals surface area contributed by atoms with Crippen LogP contribution in [0.4, 0.5) is 5.69 Å². The fourth-order valence-corrected chi connectivity index (χ4v) is 2.28. The number of nitrogens with zero attached hydrogens (tertiary/aromatic N) is 2. The fourth-order valence-electron chi connectivity index (χ4n) is 2.28. The lowest BCUT2D eigenvalue weighted by Gasteiger charge is -2.37. The van der Waals surface area contributed by atoms with E-state index in [-0.39, 0.29) is 10.6 Å². The van der Waals surface area contributed by atoms with Crippen molar-refractivity contribution < 1.29 is 4.92 Å². The summed E-state index contributed by atoms with van der Waals surface area (Å²) in [6.07, 6.45) is 0. The van der Waals surface area contributed by atoms with Gasteiger partial charge in [0.2, 0.25) is 0 Å². The van der Waals surface area contributed by atoms with Gasteiger partial charge >= 0.3 is 0 Å². The lowest BCUT2D eigenvalue weighted by molar-refractivity contribution is -0.384. The maximum Gasteiger partial charge on any atom is 0.269 e. The van der Waals surface area contributed by atoms with E-state index in [2.05, 4.69) is 24.1 Å². The molecule has 0 spiro atoms. The van der Waals surface area contributed by atoms with Gasteiger partial charge in [0.25, 0.3) is 5.69 Å². The van der Waals surface area contributed by atoms with E-state index in [1.54, 1.807) is 12.1 Å². The summed E-state index contributed by atoms with van der Waals surface area (Å²) in [5.41, 5.74) is 1.28. The standard InChI is InChI=1S/C13H19N3O2/c1-10-8-15(11(2)7-14-10)9-12-3-5-13(6-4-12)16(17)18/h3-6,10-11,14H,7-9H2,1-2H3. The second kappa shape index (κ2) is 5.46. The lowest BCUT2D eigenvalue weighted by Crippen LogP contribution is -2.53. The molecule has 1 aliphatic heterocycles. The summed E-state index contributed by atoms with van der Waals surface area (Å²) < 4.78 is 0. The molecule has 1 fully saturated rings. The Morgan fingerprint density at radius 3 is 2.67 bits per heavy atom. The summed E-state index contributed by atoms with van der Waals surface area (Å²) in [6, 6.07) is 7.84. The van der Waals surface area contributed by atoms with Crippen LogP contribution in [0.3, 0.4) is 0 Å². The van der Waals surface area contributed by atoms with Gasteiger partial charge in [-0.1, -0.05) is 12.1 Å². The van der Waals surface area contributed by atoms with E-state index < -0.39 is 0 Å². The molecule has 5 heteroatoms. The van der Waals surface area contributed by atoms with Gasteiger partial charge in [-0.25, -0.2) is 0 Å². The van der Waals surface area contributed by atoms with E-state index in [1.807, 2.05) is 12.1 Å². The van der Waals surface area contributed by atoms with Crippen LogP contribution in [-0.2, 0) is 6.54 Å². The van der Waals surface area contributed by atoms with Crippen molar-refractivity contribution in [1.82, 2.24) is 10.2 Å². The van der Waals surface area contributed by atoms with Crippen LogP contribution in [-0.4, -0.2) is 35.0 Å². The monoisotopic (exact) mass is 249 g/mol. The van der Waals surface area contributed by atoms with Crippen LogP contribution in [0.2, 0.25) is 0 Å². The van der Waals surface area contributed by atoms with Gasteiger partial charge in [0, 0.05) is 43.9 Å². The molecule has 5 nitrogen and oxygen atoms in total.